The highest BCUT2D eigenvalue weighted by Crippen LogP contribution is 2.26. The Morgan fingerprint density at radius 3 is 2.59 bits per heavy atom. The van der Waals surface area contributed by atoms with Gasteiger partial charge in [-0.3, -0.25) is 4.79 Å². The van der Waals surface area contributed by atoms with E-state index in [1.54, 1.807) is 0 Å². The molecule has 2 aliphatic rings. The fraction of sp³-hybridized carbons (Fsp3) is 0.923. The molecular formula is C13H24N2O2. The lowest BCUT2D eigenvalue weighted by Gasteiger charge is -2.27. The van der Waals surface area contributed by atoms with E-state index < -0.39 is 5.60 Å². The number of hydrogen-bond donors (Lipinski definition) is 3. The van der Waals surface area contributed by atoms with Crippen molar-refractivity contribution in [3.63, 3.8) is 0 Å². The Labute approximate surface area is 103 Å². The summed E-state index contributed by atoms with van der Waals surface area (Å²) in [6.45, 7) is 1.45. The second-order valence-electron chi connectivity index (χ2n) is 5.57. The monoisotopic (exact) mass is 240 g/mol. The molecule has 1 saturated heterocycles. The van der Waals surface area contributed by atoms with Gasteiger partial charge in [0.2, 0.25) is 5.91 Å². The van der Waals surface area contributed by atoms with Crippen molar-refractivity contribution in [3.05, 3.63) is 0 Å². The third kappa shape index (κ3) is 3.96. The van der Waals surface area contributed by atoms with Gasteiger partial charge in [-0.1, -0.05) is 25.7 Å². The smallest absolute Gasteiger partial charge is 0.220 e. The predicted octanol–water partition coefficient (Wildman–Crippen LogP) is 0.940. The fourth-order valence-corrected chi connectivity index (χ4v) is 2.87. The summed E-state index contributed by atoms with van der Waals surface area (Å²) >= 11 is 0. The van der Waals surface area contributed by atoms with Crippen molar-refractivity contribution in [2.75, 3.05) is 13.1 Å². The van der Waals surface area contributed by atoms with E-state index in [9.17, 15) is 9.90 Å². The Bertz CT molecular complexity index is 260. The molecule has 1 saturated carbocycles. The number of aliphatic hydroxyl groups is 1. The quantitative estimate of drug-likeness (QED) is 0.641. The molecule has 4 heteroatoms. The van der Waals surface area contributed by atoms with Crippen molar-refractivity contribution >= 4 is 5.91 Å². The van der Waals surface area contributed by atoms with Crippen LogP contribution in [0.1, 0.15) is 51.4 Å². The van der Waals surface area contributed by atoms with E-state index in [1.165, 1.54) is 12.8 Å². The van der Waals surface area contributed by atoms with E-state index in [0.717, 1.165) is 38.6 Å². The SMILES string of the molecule is O=C1CCC(CNCC2(O)CCCCCC2)N1. The molecule has 1 atom stereocenters. The summed E-state index contributed by atoms with van der Waals surface area (Å²) in [7, 11) is 0. The van der Waals surface area contributed by atoms with Crippen LogP contribution >= 0.6 is 0 Å². The van der Waals surface area contributed by atoms with Crippen LogP contribution in [-0.4, -0.2) is 35.7 Å². The van der Waals surface area contributed by atoms with Gasteiger partial charge in [-0.2, -0.15) is 0 Å². The van der Waals surface area contributed by atoms with Crippen LogP contribution in [0.4, 0.5) is 0 Å². The standard InChI is InChI=1S/C13H24N2O2/c16-12-6-5-11(15-12)9-14-10-13(17)7-3-1-2-4-8-13/h11,14,17H,1-10H2,(H,15,16). The van der Waals surface area contributed by atoms with Crippen molar-refractivity contribution in [2.45, 2.75) is 63.0 Å². The molecule has 2 fully saturated rings. The minimum absolute atomic E-state index is 0.157. The Balaban J connectivity index is 1.67. The number of rotatable bonds is 4. The molecule has 0 aromatic heterocycles. The predicted molar refractivity (Wildman–Crippen MR) is 66.7 cm³/mol. The minimum Gasteiger partial charge on any atom is -0.389 e. The molecule has 4 nitrogen and oxygen atoms in total. The normalized spacial score (nSPS) is 28.8. The van der Waals surface area contributed by atoms with Crippen molar-refractivity contribution in [1.29, 1.82) is 0 Å². The van der Waals surface area contributed by atoms with E-state index in [4.69, 9.17) is 0 Å². The van der Waals surface area contributed by atoms with Gasteiger partial charge in [0.15, 0.2) is 0 Å². The maximum absolute atomic E-state index is 11.0. The summed E-state index contributed by atoms with van der Waals surface area (Å²) in [5, 5.41) is 16.7. The fourth-order valence-electron chi connectivity index (χ4n) is 2.87. The van der Waals surface area contributed by atoms with Crippen LogP contribution in [0, 0.1) is 0 Å². The van der Waals surface area contributed by atoms with Crippen LogP contribution in [0.3, 0.4) is 0 Å². The van der Waals surface area contributed by atoms with Gasteiger partial charge in [-0.25, -0.2) is 0 Å². The van der Waals surface area contributed by atoms with Crippen LogP contribution < -0.4 is 10.6 Å². The maximum Gasteiger partial charge on any atom is 0.220 e. The lowest BCUT2D eigenvalue weighted by molar-refractivity contribution is -0.119. The van der Waals surface area contributed by atoms with Crippen LogP contribution in [0.25, 0.3) is 0 Å². The van der Waals surface area contributed by atoms with Gasteiger partial charge in [0.05, 0.1) is 5.60 Å². The average molecular weight is 240 g/mol. The molecule has 3 N–H and O–H groups in total. The molecule has 2 rings (SSSR count). The van der Waals surface area contributed by atoms with E-state index >= 15 is 0 Å². The van der Waals surface area contributed by atoms with Gasteiger partial charge in [0.1, 0.15) is 0 Å². The van der Waals surface area contributed by atoms with Crippen LogP contribution in [0.15, 0.2) is 0 Å². The van der Waals surface area contributed by atoms with E-state index in [0.29, 0.717) is 13.0 Å². The molecule has 1 unspecified atom stereocenters. The van der Waals surface area contributed by atoms with Crippen LogP contribution in [0.2, 0.25) is 0 Å². The molecule has 0 aromatic carbocycles. The number of nitrogens with one attached hydrogen (secondary N) is 2. The first-order valence-electron chi connectivity index (χ1n) is 6.90. The highest BCUT2D eigenvalue weighted by molar-refractivity contribution is 5.78. The average Bonchev–Trinajstić information content (AvgIpc) is 2.58. The Kier molecular flexibility index (Phi) is 4.40. The first kappa shape index (κ1) is 12.8. The molecule has 0 aromatic rings. The van der Waals surface area contributed by atoms with Gasteiger partial charge < -0.3 is 15.7 Å². The Morgan fingerprint density at radius 2 is 2.00 bits per heavy atom. The van der Waals surface area contributed by atoms with Crippen molar-refractivity contribution in [3.8, 4) is 0 Å². The van der Waals surface area contributed by atoms with Gasteiger partial charge in [-0.15, -0.1) is 0 Å². The maximum atomic E-state index is 11.0. The summed E-state index contributed by atoms with van der Waals surface area (Å²) in [4.78, 5) is 11.0. The first-order chi connectivity index (χ1) is 8.18. The topological polar surface area (TPSA) is 61.4 Å². The van der Waals surface area contributed by atoms with Gasteiger partial charge >= 0.3 is 0 Å². The molecule has 1 aliphatic heterocycles. The molecule has 0 spiro atoms. The molecule has 98 valence electrons. The number of amides is 1. The van der Waals surface area contributed by atoms with E-state index in [2.05, 4.69) is 10.6 Å². The van der Waals surface area contributed by atoms with Crippen molar-refractivity contribution < 1.29 is 9.90 Å². The third-order valence-corrected chi connectivity index (χ3v) is 3.96. The number of carbonyl (C=O) groups is 1. The van der Waals surface area contributed by atoms with E-state index in [1.807, 2.05) is 0 Å². The largest absolute Gasteiger partial charge is 0.389 e. The second kappa shape index (κ2) is 5.83. The third-order valence-electron chi connectivity index (χ3n) is 3.96. The van der Waals surface area contributed by atoms with Gasteiger partial charge in [-0.05, 0) is 19.3 Å². The second-order valence-corrected chi connectivity index (χ2v) is 5.57. The molecule has 1 amide bonds. The lowest BCUT2D eigenvalue weighted by Crippen LogP contribution is -2.44. The molecule has 0 radical (unpaired) electrons. The molecule has 17 heavy (non-hydrogen) atoms. The number of hydrogen-bond acceptors (Lipinski definition) is 3. The summed E-state index contributed by atoms with van der Waals surface area (Å²) in [5.74, 6) is 0.157. The highest BCUT2D eigenvalue weighted by Gasteiger charge is 2.28. The Hall–Kier alpha value is -0.610. The van der Waals surface area contributed by atoms with Crippen molar-refractivity contribution in [2.24, 2.45) is 0 Å². The summed E-state index contributed by atoms with van der Waals surface area (Å²) in [6.07, 6.45) is 8.17. The molecule has 1 heterocycles. The molecular weight excluding hydrogens is 216 g/mol. The van der Waals surface area contributed by atoms with Crippen LogP contribution in [0.5, 0.6) is 0 Å². The number of carbonyl (C=O) groups excluding carboxylic acids is 1. The minimum atomic E-state index is -0.515. The summed E-state index contributed by atoms with van der Waals surface area (Å²) in [5.41, 5.74) is -0.515. The van der Waals surface area contributed by atoms with Gasteiger partial charge in [0, 0.05) is 25.6 Å². The van der Waals surface area contributed by atoms with Gasteiger partial charge in [0.25, 0.3) is 0 Å². The lowest BCUT2D eigenvalue weighted by atomic mass is 9.94. The first-order valence-corrected chi connectivity index (χ1v) is 6.90. The van der Waals surface area contributed by atoms with Crippen LogP contribution in [-0.2, 0) is 4.79 Å². The zero-order valence-electron chi connectivity index (χ0n) is 10.5. The van der Waals surface area contributed by atoms with Crippen molar-refractivity contribution in [1.82, 2.24) is 10.6 Å². The summed E-state index contributed by atoms with van der Waals surface area (Å²) in [6, 6.07) is 0.261. The zero-order chi connectivity index (χ0) is 12.1. The molecule has 1 aliphatic carbocycles. The van der Waals surface area contributed by atoms with E-state index in [-0.39, 0.29) is 11.9 Å². The zero-order valence-corrected chi connectivity index (χ0v) is 10.5. The Morgan fingerprint density at radius 1 is 1.29 bits per heavy atom. The highest BCUT2D eigenvalue weighted by atomic mass is 16.3. The summed E-state index contributed by atoms with van der Waals surface area (Å²) < 4.78 is 0. The molecule has 0 bridgehead atoms.